The maximum atomic E-state index is 4.98. The van der Waals surface area contributed by atoms with Crippen molar-refractivity contribution in [2.75, 3.05) is 0 Å². The van der Waals surface area contributed by atoms with Crippen molar-refractivity contribution in [1.82, 2.24) is 0 Å². The van der Waals surface area contributed by atoms with Crippen molar-refractivity contribution in [1.29, 1.82) is 0 Å². The number of nitrogens with two attached hydrogens (primary N) is 1. The molecular weight excluding hydrogens is 114 g/mol. The van der Waals surface area contributed by atoms with Gasteiger partial charge >= 0.3 is 0 Å². The maximum Gasteiger partial charge on any atom is 0.0747 e. The summed E-state index contributed by atoms with van der Waals surface area (Å²) in [5, 5.41) is 3.46. The molecule has 1 aliphatic rings. The Morgan fingerprint density at radius 1 is 1.67 bits per heavy atom. The van der Waals surface area contributed by atoms with E-state index in [-0.39, 0.29) is 0 Å². The molecule has 1 fully saturated rings. The lowest BCUT2D eigenvalue weighted by atomic mass is 10.5. The molecule has 0 aliphatic heterocycles. The van der Waals surface area contributed by atoms with Gasteiger partial charge in [-0.25, -0.2) is 0 Å². The molecule has 3 nitrogen and oxygen atoms in total. The molecule has 0 bridgehead atoms. The molecule has 0 atom stereocenters. The highest BCUT2D eigenvalue weighted by molar-refractivity contribution is 6.29. The highest BCUT2D eigenvalue weighted by Gasteiger charge is 2.18. The largest absolute Gasteiger partial charge is 0.323 e. The first kappa shape index (κ1) is 6.26. The minimum Gasteiger partial charge on any atom is -0.323 e. The smallest absolute Gasteiger partial charge is 0.0747 e. The minimum absolute atomic E-state index is 0.571. The SMILES string of the molecule is C/C(C=NC1CC1)=N/N. The van der Waals surface area contributed by atoms with Gasteiger partial charge in [0, 0.05) is 6.21 Å². The molecule has 0 heterocycles. The summed E-state index contributed by atoms with van der Waals surface area (Å²) in [4.78, 5) is 4.17. The molecule has 0 aromatic carbocycles. The first-order chi connectivity index (χ1) is 4.33. The minimum atomic E-state index is 0.571. The van der Waals surface area contributed by atoms with E-state index >= 15 is 0 Å². The van der Waals surface area contributed by atoms with E-state index in [0.717, 1.165) is 5.71 Å². The third-order valence-electron chi connectivity index (χ3n) is 1.22. The van der Waals surface area contributed by atoms with Crippen LogP contribution in [0.25, 0.3) is 0 Å². The summed E-state index contributed by atoms with van der Waals surface area (Å²) in [6.45, 7) is 1.84. The van der Waals surface area contributed by atoms with E-state index in [1.807, 2.05) is 6.92 Å². The molecule has 0 aromatic rings. The van der Waals surface area contributed by atoms with Gasteiger partial charge < -0.3 is 5.84 Å². The number of nitrogens with zero attached hydrogens (tertiary/aromatic N) is 2. The fourth-order valence-electron chi connectivity index (χ4n) is 0.470. The van der Waals surface area contributed by atoms with E-state index < -0.39 is 0 Å². The van der Waals surface area contributed by atoms with Crippen LogP contribution in [0.4, 0.5) is 0 Å². The molecule has 50 valence electrons. The molecule has 0 saturated heterocycles. The monoisotopic (exact) mass is 125 g/mol. The Hall–Kier alpha value is -0.860. The lowest BCUT2D eigenvalue weighted by Crippen LogP contribution is -1.97. The number of hydrogen-bond acceptors (Lipinski definition) is 3. The van der Waals surface area contributed by atoms with Crippen LogP contribution >= 0.6 is 0 Å². The Kier molecular flexibility index (Phi) is 1.82. The summed E-state index contributed by atoms with van der Waals surface area (Å²) in [6, 6.07) is 0.571. The quantitative estimate of drug-likeness (QED) is 0.327. The van der Waals surface area contributed by atoms with Crippen LogP contribution in [0, 0.1) is 0 Å². The van der Waals surface area contributed by atoms with Crippen molar-refractivity contribution >= 4 is 11.9 Å². The molecule has 9 heavy (non-hydrogen) atoms. The predicted molar refractivity (Wildman–Crippen MR) is 38.8 cm³/mol. The first-order valence-corrected chi connectivity index (χ1v) is 3.10. The van der Waals surface area contributed by atoms with Crippen LogP contribution in [-0.4, -0.2) is 18.0 Å². The molecular formula is C6H11N3. The molecule has 1 rings (SSSR count). The van der Waals surface area contributed by atoms with Crippen molar-refractivity contribution in [2.45, 2.75) is 25.8 Å². The van der Waals surface area contributed by atoms with E-state index in [1.54, 1.807) is 6.21 Å². The summed E-state index contributed by atoms with van der Waals surface area (Å²) < 4.78 is 0. The average molecular weight is 125 g/mol. The van der Waals surface area contributed by atoms with Crippen LogP contribution in [-0.2, 0) is 0 Å². The molecule has 0 radical (unpaired) electrons. The Morgan fingerprint density at radius 2 is 2.33 bits per heavy atom. The van der Waals surface area contributed by atoms with Crippen molar-refractivity contribution in [3.63, 3.8) is 0 Å². The molecule has 1 aliphatic carbocycles. The number of rotatable bonds is 2. The number of aliphatic imine (C=N–C) groups is 1. The van der Waals surface area contributed by atoms with E-state index in [4.69, 9.17) is 5.84 Å². The standard InChI is InChI=1S/C6H11N3/c1-5(9-7)4-8-6-2-3-6/h4,6H,2-3,7H2,1H3/b8-4?,9-5-. The highest BCUT2D eigenvalue weighted by atomic mass is 15.1. The number of hydrogen-bond donors (Lipinski definition) is 1. The van der Waals surface area contributed by atoms with Gasteiger partial charge in [0.2, 0.25) is 0 Å². The number of hydrazone groups is 1. The van der Waals surface area contributed by atoms with Gasteiger partial charge in [-0.15, -0.1) is 0 Å². The van der Waals surface area contributed by atoms with Crippen LogP contribution in [0.3, 0.4) is 0 Å². The molecule has 0 amide bonds. The van der Waals surface area contributed by atoms with Crippen LogP contribution in [0.1, 0.15) is 19.8 Å². The lowest BCUT2D eigenvalue weighted by molar-refractivity contribution is 1.08. The van der Waals surface area contributed by atoms with E-state index in [9.17, 15) is 0 Å². The van der Waals surface area contributed by atoms with Gasteiger partial charge in [-0.1, -0.05) is 0 Å². The summed E-state index contributed by atoms with van der Waals surface area (Å²) in [5.41, 5.74) is 0.793. The van der Waals surface area contributed by atoms with Gasteiger partial charge in [-0.2, -0.15) is 5.10 Å². The summed E-state index contributed by atoms with van der Waals surface area (Å²) in [7, 11) is 0. The van der Waals surface area contributed by atoms with E-state index in [1.165, 1.54) is 12.8 Å². The molecule has 0 unspecified atom stereocenters. The zero-order valence-electron chi connectivity index (χ0n) is 5.54. The van der Waals surface area contributed by atoms with Crippen LogP contribution in [0.15, 0.2) is 10.1 Å². The topological polar surface area (TPSA) is 50.7 Å². The van der Waals surface area contributed by atoms with Gasteiger partial charge in [0.15, 0.2) is 0 Å². The Morgan fingerprint density at radius 3 is 2.78 bits per heavy atom. The lowest BCUT2D eigenvalue weighted by Gasteiger charge is -1.84. The first-order valence-electron chi connectivity index (χ1n) is 3.10. The summed E-state index contributed by atoms with van der Waals surface area (Å²) >= 11 is 0. The van der Waals surface area contributed by atoms with Crippen molar-refractivity contribution < 1.29 is 0 Å². The average Bonchev–Trinajstić information content (AvgIpc) is 2.65. The summed E-state index contributed by atoms with van der Waals surface area (Å²) in [6.07, 6.45) is 4.19. The third kappa shape index (κ3) is 2.26. The van der Waals surface area contributed by atoms with Crippen molar-refractivity contribution in [3.05, 3.63) is 0 Å². The van der Waals surface area contributed by atoms with Crippen LogP contribution < -0.4 is 5.84 Å². The molecule has 0 spiro atoms. The second-order valence-corrected chi connectivity index (χ2v) is 2.28. The Labute approximate surface area is 54.7 Å². The summed E-state index contributed by atoms with van der Waals surface area (Å²) in [5.74, 6) is 4.98. The van der Waals surface area contributed by atoms with Gasteiger partial charge in [-0.05, 0) is 19.8 Å². The van der Waals surface area contributed by atoms with E-state index in [0.29, 0.717) is 6.04 Å². The fourth-order valence-corrected chi connectivity index (χ4v) is 0.470. The maximum absolute atomic E-state index is 4.98. The zero-order valence-corrected chi connectivity index (χ0v) is 5.54. The van der Waals surface area contributed by atoms with Crippen molar-refractivity contribution in [2.24, 2.45) is 15.9 Å². The zero-order chi connectivity index (χ0) is 6.69. The van der Waals surface area contributed by atoms with Crippen molar-refractivity contribution in [3.8, 4) is 0 Å². The predicted octanol–water partition coefficient (Wildman–Crippen LogP) is 0.554. The van der Waals surface area contributed by atoms with Gasteiger partial charge in [0.05, 0.1) is 11.8 Å². The van der Waals surface area contributed by atoms with Crippen LogP contribution in [0.2, 0.25) is 0 Å². The third-order valence-corrected chi connectivity index (χ3v) is 1.22. The Balaban J connectivity index is 2.29. The molecule has 3 heteroatoms. The van der Waals surface area contributed by atoms with Gasteiger partial charge in [0.25, 0.3) is 0 Å². The molecule has 2 N–H and O–H groups in total. The molecule has 1 saturated carbocycles. The second-order valence-electron chi connectivity index (χ2n) is 2.28. The normalized spacial score (nSPS) is 21.2. The van der Waals surface area contributed by atoms with E-state index in [2.05, 4.69) is 10.1 Å². The molecule has 0 aromatic heterocycles. The van der Waals surface area contributed by atoms with Crippen LogP contribution in [0.5, 0.6) is 0 Å². The van der Waals surface area contributed by atoms with Gasteiger partial charge in [0.1, 0.15) is 0 Å². The second kappa shape index (κ2) is 2.62. The highest BCUT2D eigenvalue weighted by Crippen LogP contribution is 2.22. The van der Waals surface area contributed by atoms with Gasteiger partial charge in [-0.3, -0.25) is 4.99 Å². The fraction of sp³-hybridized carbons (Fsp3) is 0.667. The Bertz CT molecular complexity index is 144.